The number of anilines is 4. The van der Waals surface area contributed by atoms with Crippen LogP contribution in [0.4, 0.5) is 22.3 Å². The molecule has 8 heteroatoms. The fourth-order valence-corrected chi connectivity index (χ4v) is 5.45. The molecule has 2 aromatic heterocycles. The normalized spacial score (nSPS) is 16.5. The lowest BCUT2D eigenvalue weighted by Gasteiger charge is -2.30. The van der Waals surface area contributed by atoms with Crippen LogP contribution >= 0.6 is 11.3 Å². The van der Waals surface area contributed by atoms with Crippen molar-refractivity contribution in [3.8, 4) is 5.75 Å². The van der Waals surface area contributed by atoms with E-state index in [1.165, 1.54) is 11.3 Å². The van der Waals surface area contributed by atoms with Crippen LogP contribution in [0.2, 0.25) is 0 Å². The van der Waals surface area contributed by atoms with Gasteiger partial charge >= 0.3 is 0 Å². The topological polar surface area (TPSA) is 79.4 Å². The number of nitrogens with one attached hydrogen (secondary N) is 2. The van der Waals surface area contributed by atoms with Gasteiger partial charge in [0.05, 0.1) is 17.9 Å². The number of rotatable bonds is 3. The fourth-order valence-electron chi connectivity index (χ4n) is 4.43. The average molecular weight is 458 g/mol. The Balaban J connectivity index is 1.36. The minimum Gasteiger partial charge on any atom is -0.490 e. The third-order valence-corrected chi connectivity index (χ3v) is 7.06. The number of carbonyl (C=O) groups is 1. The summed E-state index contributed by atoms with van der Waals surface area (Å²) in [5.41, 5.74) is 2.41. The molecule has 0 radical (unpaired) electrons. The second-order valence-electron chi connectivity index (χ2n) is 8.98. The van der Waals surface area contributed by atoms with Crippen LogP contribution in [0.3, 0.4) is 0 Å². The first kappa shape index (κ1) is 20.0. The maximum Gasteiger partial charge on any atom is 0.263 e. The van der Waals surface area contributed by atoms with Gasteiger partial charge in [0.1, 0.15) is 23.1 Å². The first-order valence-corrected chi connectivity index (χ1v) is 11.8. The zero-order chi connectivity index (χ0) is 22.6. The molecule has 0 saturated heterocycles. The van der Waals surface area contributed by atoms with Crippen molar-refractivity contribution >= 4 is 50.3 Å². The summed E-state index contributed by atoms with van der Waals surface area (Å²) in [6.45, 7) is 5.28. The van der Waals surface area contributed by atoms with Crippen molar-refractivity contribution in [2.45, 2.75) is 25.8 Å². The number of hydrogen-bond acceptors (Lipinski definition) is 7. The van der Waals surface area contributed by atoms with Crippen molar-refractivity contribution in [2.24, 2.45) is 0 Å². The Labute approximate surface area is 195 Å². The SMILES string of the molecule is CC1(C)Cc2nc(N3CCOc4ccc(Nc5nccc6ccccc56)cc43)sc2C(=O)N1. The van der Waals surface area contributed by atoms with E-state index in [-0.39, 0.29) is 11.4 Å². The maximum absolute atomic E-state index is 12.6. The van der Waals surface area contributed by atoms with E-state index in [1.807, 2.05) is 50.4 Å². The first-order chi connectivity index (χ1) is 16.0. The van der Waals surface area contributed by atoms with Crippen molar-refractivity contribution in [1.29, 1.82) is 0 Å². The second-order valence-corrected chi connectivity index (χ2v) is 9.95. The van der Waals surface area contributed by atoms with Crippen LogP contribution in [-0.2, 0) is 6.42 Å². The van der Waals surface area contributed by atoms with Crippen LogP contribution in [0.15, 0.2) is 54.7 Å². The number of fused-ring (bicyclic) bond motifs is 3. The van der Waals surface area contributed by atoms with E-state index < -0.39 is 0 Å². The smallest absolute Gasteiger partial charge is 0.263 e. The molecule has 166 valence electrons. The average Bonchev–Trinajstić information content (AvgIpc) is 3.22. The van der Waals surface area contributed by atoms with E-state index in [4.69, 9.17) is 9.72 Å². The molecule has 2 aliphatic heterocycles. The molecule has 0 bridgehead atoms. The second kappa shape index (κ2) is 7.45. The van der Waals surface area contributed by atoms with E-state index in [0.29, 0.717) is 18.0 Å². The third kappa shape index (κ3) is 3.56. The van der Waals surface area contributed by atoms with Crippen molar-refractivity contribution in [3.63, 3.8) is 0 Å². The van der Waals surface area contributed by atoms with Gasteiger partial charge in [0.15, 0.2) is 5.13 Å². The van der Waals surface area contributed by atoms with Gasteiger partial charge in [0.2, 0.25) is 0 Å². The Morgan fingerprint density at radius 1 is 1.18 bits per heavy atom. The van der Waals surface area contributed by atoms with Gasteiger partial charge in [-0.3, -0.25) is 4.79 Å². The van der Waals surface area contributed by atoms with E-state index in [9.17, 15) is 4.79 Å². The van der Waals surface area contributed by atoms with Gasteiger partial charge in [0.25, 0.3) is 5.91 Å². The number of amides is 1. The monoisotopic (exact) mass is 457 g/mol. The molecule has 2 aliphatic rings. The summed E-state index contributed by atoms with van der Waals surface area (Å²) in [7, 11) is 0. The Morgan fingerprint density at radius 3 is 2.97 bits per heavy atom. The lowest BCUT2D eigenvalue weighted by Crippen LogP contribution is -2.48. The highest BCUT2D eigenvalue weighted by Crippen LogP contribution is 2.42. The van der Waals surface area contributed by atoms with Gasteiger partial charge in [0, 0.05) is 29.2 Å². The number of thiazole rings is 1. The van der Waals surface area contributed by atoms with Crippen LogP contribution < -0.4 is 20.3 Å². The highest BCUT2D eigenvalue weighted by molar-refractivity contribution is 7.17. The van der Waals surface area contributed by atoms with Crippen molar-refractivity contribution in [1.82, 2.24) is 15.3 Å². The summed E-state index contributed by atoms with van der Waals surface area (Å²) < 4.78 is 5.92. The first-order valence-electron chi connectivity index (χ1n) is 10.9. The number of benzene rings is 2. The molecule has 2 N–H and O–H groups in total. The number of pyridine rings is 1. The molecule has 0 saturated carbocycles. The Morgan fingerprint density at radius 2 is 2.06 bits per heavy atom. The molecule has 33 heavy (non-hydrogen) atoms. The van der Waals surface area contributed by atoms with Crippen molar-refractivity contribution < 1.29 is 9.53 Å². The summed E-state index contributed by atoms with van der Waals surface area (Å²) in [6.07, 6.45) is 2.53. The molecule has 7 nitrogen and oxygen atoms in total. The lowest BCUT2D eigenvalue weighted by atomic mass is 9.94. The van der Waals surface area contributed by atoms with Gasteiger partial charge in [-0.15, -0.1) is 0 Å². The minimum atomic E-state index is -0.291. The molecule has 1 amide bonds. The molecule has 0 unspecified atom stereocenters. The fraction of sp³-hybridized carbons (Fsp3) is 0.240. The highest BCUT2D eigenvalue weighted by atomic mass is 32.1. The van der Waals surface area contributed by atoms with Crippen LogP contribution in [0.5, 0.6) is 5.75 Å². The molecule has 0 aliphatic carbocycles. The van der Waals surface area contributed by atoms with E-state index in [1.54, 1.807) is 0 Å². The standard InChI is InChI=1S/C25H23N5O2S/c1-25(2)14-18-21(23(31)29-25)33-24(28-18)30-11-12-32-20-8-7-16(13-19(20)30)27-22-17-6-4-3-5-15(17)9-10-26-22/h3-10,13H,11-12,14H2,1-2H3,(H,26,27)(H,29,31). The summed E-state index contributed by atoms with van der Waals surface area (Å²) in [4.78, 5) is 24.9. The number of nitrogens with zero attached hydrogens (tertiary/aromatic N) is 3. The number of ether oxygens (including phenoxy) is 1. The van der Waals surface area contributed by atoms with Crippen LogP contribution in [0, 0.1) is 0 Å². The Hall–Kier alpha value is -3.65. The van der Waals surface area contributed by atoms with Gasteiger partial charge < -0.3 is 20.3 Å². The van der Waals surface area contributed by atoms with Crippen molar-refractivity contribution in [2.75, 3.05) is 23.4 Å². The van der Waals surface area contributed by atoms with E-state index in [0.717, 1.165) is 51.0 Å². The maximum atomic E-state index is 12.6. The molecular weight excluding hydrogens is 434 g/mol. The van der Waals surface area contributed by atoms with Crippen LogP contribution in [-0.4, -0.2) is 34.6 Å². The summed E-state index contributed by atoms with van der Waals surface area (Å²) in [6, 6.07) is 16.2. The van der Waals surface area contributed by atoms with Crippen LogP contribution in [0.1, 0.15) is 29.2 Å². The molecule has 4 heterocycles. The quantitative estimate of drug-likeness (QED) is 0.449. The number of aromatic nitrogens is 2. The van der Waals surface area contributed by atoms with Gasteiger partial charge in [-0.2, -0.15) is 0 Å². The van der Waals surface area contributed by atoms with Gasteiger partial charge in [-0.1, -0.05) is 35.6 Å². The van der Waals surface area contributed by atoms with Gasteiger partial charge in [-0.25, -0.2) is 9.97 Å². The zero-order valence-corrected chi connectivity index (χ0v) is 19.2. The molecule has 2 aromatic carbocycles. The minimum absolute atomic E-state index is 0.0454. The third-order valence-electron chi connectivity index (χ3n) is 5.94. The number of carbonyl (C=O) groups excluding carboxylic acids is 1. The highest BCUT2D eigenvalue weighted by Gasteiger charge is 2.34. The summed E-state index contributed by atoms with van der Waals surface area (Å²) in [5.74, 6) is 1.56. The largest absolute Gasteiger partial charge is 0.490 e. The molecule has 0 atom stereocenters. The summed E-state index contributed by atoms with van der Waals surface area (Å²) in [5, 5.41) is 9.54. The van der Waals surface area contributed by atoms with E-state index in [2.05, 4.69) is 38.7 Å². The molecule has 6 rings (SSSR count). The predicted octanol–water partition coefficient (Wildman–Crippen LogP) is 5.03. The molecular formula is C25H23N5O2S. The van der Waals surface area contributed by atoms with Crippen molar-refractivity contribution in [3.05, 3.63) is 65.3 Å². The van der Waals surface area contributed by atoms with Gasteiger partial charge in [-0.05, 0) is 43.5 Å². The zero-order valence-electron chi connectivity index (χ0n) is 18.4. The predicted molar refractivity (Wildman–Crippen MR) is 131 cm³/mol. The number of hydrogen-bond donors (Lipinski definition) is 2. The van der Waals surface area contributed by atoms with E-state index >= 15 is 0 Å². The Bertz CT molecular complexity index is 1390. The Kier molecular flexibility index (Phi) is 4.51. The molecule has 0 spiro atoms. The molecule has 0 fully saturated rings. The lowest BCUT2D eigenvalue weighted by molar-refractivity contribution is 0.0901. The molecule has 4 aromatic rings. The van der Waals surface area contributed by atoms with Crippen LogP contribution in [0.25, 0.3) is 10.8 Å². The summed E-state index contributed by atoms with van der Waals surface area (Å²) >= 11 is 1.44.